The molecule has 5 nitrogen and oxygen atoms in total. The molecule has 0 radical (unpaired) electrons. The van der Waals surface area contributed by atoms with Crippen molar-refractivity contribution < 1.29 is 24.9 Å². The SMILES string of the molecule is C[C@@H]1CCC2(O)C13CC(=O)C1(C)C(O)(OCC21C)C3O. The van der Waals surface area contributed by atoms with E-state index in [0.717, 1.165) is 6.42 Å². The summed E-state index contributed by atoms with van der Waals surface area (Å²) in [7, 11) is 0. The molecule has 20 heavy (non-hydrogen) atoms. The van der Waals surface area contributed by atoms with Crippen LogP contribution in [0.25, 0.3) is 0 Å². The van der Waals surface area contributed by atoms with E-state index in [1.54, 1.807) is 6.92 Å². The van der Waals surface area contributed by atoms with E-state index in [0.29, 0.717) is 6.42 Å². The van der Waals surface area contributed by atoms with Gasteiger partial charge in [-0.25, -0.2) is 0 Å². The Kier molecular flexibility index (Phi) is 1.98. The van der Waals surface area contributed by atoms with E-state index in [4.69, 9.17) is 4.74 Å². The molecule has 1 saturated heterocycles. The molecule has 0 aromatic carbocycles. The van der Waals surface area contributed by atoms with Crippen molar-refractivity contribution in [1.29, 1.82) is 0 Å². The van der Waals surface area contributed by atoms with Crippen molar-refractivity contribution in [2.75, 3.05) is 6.61 Å². The number of Topliss-reactive ketones (excluding diaryl/α,β-unsaturated/α-hetero) is 1. The summed E-state index contributed by atoms with van der Waals surface area (Å²) < 4.78 is 5.56. The van der Waals surface area contributed by atoms with Gasteiger partial charge in [-0.3, -0.25) is 4.79 Å². The molecule has 1 heterocycles. The summed E-state index contributed by atoms with van der Waals surface area (Å²) >= 11 is 0. The Labute approximate surface area is 117 Å². The van der Waals surface area contributed by atoms with E-state index in [9.17, 15) is 20.1 Å². The van der Waals surface area contributed by atoms with Crippen molar-refractivity contribution in [3.8, 4) is 0 Å². The first-order valence-corrected chi connectivity index (χ1v) is 7.42. The minimum atomic E-state index is -1.87. The highest BCUT2D eigenvalue weighted by molar-refractivity contribution is 5.91. The van der Waals surface area contributed by atoms with Gasteiger partial charge in [0, 0.05) is 17.3 Å². The Balaban J connectivity index is 2.10. The molecule has 5 heteroatoms. The van der Waals surface area contributed by atoms with Crippen molar-refractivity contribution in [1.82, 2.24) is 0 Å². The topological polar surface area (TPSA) is 87.0 Å². The average molecular weight is 282 g/mol. The third-order valence-electron chi connectivity index (χ3n) is 7.77. The minimum absolute atomic E-state index is 0.0242. The van der Waals surface area contributed by atoms with Crippen LogP contribution in [0.5, 0.6) is 0 Å². The van der Waals surface area contributed by atoms with Gasteiger partial charge in [-0.1, -0.05) is 13.8 Å². The van der Waals surface area contributed by atoms with Crippen molar-refractivity contribution in [3.63, 3.8) is 0 Å². The van der Waals surface area contributed by atoms with Gasteiger partial charge in [0.1, 0.15) is 11.9 Å². The van der Waals surface area contributed by atoms with Gasteiger partial charge >= 0.3 is 0 Å². The number of rotatable bonds is 0. The molecule has 1 spiro atoms. The van der Waals surface area contributed by atoms with Crippen LogP contribution in [0.15, 0.2) is 0 Å². The van der Waals surface area contributed by atoms with Crippen molar-refractivity contribution in [3.05, 3.63) is 0 Å². The van der Waals surface area contributed by atoms with E-state index in [2.05, 4.69) is 0 Å². The van der Waals surface area contributed by atoms with Crippen LogP contribution in [0.2, 0.25) is 0 Å². The first kappa shape index (κ1) is 13.2. The van der Waals surface area contributed by atoms with Gasteiger partial charge in [0.15, 0.2) is 0 Å². The van der Waals surface area contributed by atoms with Gasteiger partial charge in [0.05, 0.1) is 17.6 Å². The Morgan fingerprint density at radius 3 is 2.60 bits per heavy atom. The van der Waals surface area contributed by atoms with E-state index in [1.807, 2.05) is 13.8 Å². The molecule has 5 rings (SSSR count). The molecule has 0 aromatic rings. The number of ketones is 1. The fraction of sp³-hybridized carbons (Fsp3) is 0.933. The summed E-state index contributed by atoms with van der Waals surface area (Å²) in [5.74, 6) is -1.99. The summed E-state index contributed by atoms with van der Waals surface area (Å²) in [4.78, 5) is 12.8. The van der Waals surface area contributed by atoms with Crippen molar-refractivity contribution in [2.24, 2.45) is 22.2 Å². The monoisotopic (exact) mass is 282 g/mol. The zero-order valence-corrected chi connectivity index (χ0v) is 12.1. The van der Waals surface area contributed by atoms with Crippen LogP contribution >= 0.6 is 0 Å². The van der Waals surface area contributed by atoms with Gasteiger partial charge in [-0.15, -0.1) is 0 Å². The number of ether oxygens (including phenoxy) is 1. The molecular weight excluding hydrogens is 260 g/mol. The van der Waals surface area contributed by atoms with Gasteiger partial charge in [-0.2, -0.15) is 0 Å². The van der Waals surface area contributed by atoms with Gasteiger partial charge in [-0.05, 0) is 25.7 Å². The van der Waals surface area contributed by atoms with E-state index in [-0.39, 0.29) is 24.7 Å². The number of hydrogen-bond acceptors (Lipinski definition) is 5. The molecule has 6 unspecified atom stereocenters. The van der Waals surface area contributed by atoms with Crippen LogP contribution in [0.3, 0.4) is 0 Å². The highest BCUT2D eigenvalue weighted by Gasteiger charge is 2.91. The molecule has 112 valence electrons. The molecule has 0 amide bonds. The fourth-order valence-corrected chi connectivity index (χ4v) is 6.15. The molecule has 5 fully saturated rings. The van der Waals surface area contributed by atoms with Crippen molar-refractivity contribution >= 4 is 5.78 Å². The fourth-order valence-electron chi connectivity index (χ4n) is 6.15. The summed E-state index contributed by atoms with van der Waals surface area (Å²) in [5, 5.41) is 33.3. The number of aliphatic hydroxyl groups is 3. The summed E-state index contributed by atoms with van der Waals surface area (Å²) in [6.45, 7) is 5.54. The molecule has 4 aliphatic carbocycles. The van der Waals surface area contributed by atoms with Crippen LogP contribution < -0.4 is 0 Å². The molecule has 0 aromatic heterocycles. The van der Waals surface area contributed by atoms with Gasteiger partial charge < -0.3 is 20.1 Å². The summed E-state index contributed by atoms with van der Waals surface area (Å²) in [6.07, 6.45) is 0.201. The lowest BCUT2D eigenvalue weighted by Crippen LogP contribution is -2.83. The zero-order chi connectivity index (χ0) is 14.8. The number of carbonyl (C=O) groups excluding carboxylic acids is 1. The normalized spacial score (nSPS) is 67.6. The lowest BCUT2D eigenvalue weighted by molar-refractivity contribution is -0.368. The lowest BCUT2D eigenvalue weighted by atomic mass is 9.35. The Morgan fingerprint density at radius 2 is 1.95 bits per heavy atom. The molecule has 4 bridgehead atoms. The smallest absolute Gasteiger partial charge is 0.206 e. The van der Waals surface area contributed by atoms with Crippen LogP contribution in [0.4, 0.5) is 0 Å². The maximum absolute atomic E-state index is 12.8. The molecule has 7 atom stereocenters. The maximum Gasteiger partial charge on any atom is 0.206 e. The maximum atomic E-state index is 12.8. The molecule has 1 aliphatic heterocycles. The first-order chi connectivity index (χ1) is 9.12. The predicted octanol–water partition coefficient (Wildman–Crippen LogP) is 0.212. The average Bonchev–Trinajstić information content (AvgIpc) is 2.77. The molecular formula is C15H22O5. The second-order valence-electron chi connectivity index (χ2n) is 7.79. The number of fused-ring (bicyclic) bond motifs is 1. The Bertz CT molecular complexity index is 534. The van der Waals surface area contributed by atoms with E-state index >= 15 is 0 Å². The zero-order valence-electron chi connectivity index (χ0n) is 12.1. The highest BCUT2D eigenvalue weighted by atomic mass is 16.6. The Morgan fingerprint density at radius 1 is 1.30 bits per heavy atom. The lowest BCUT2D eigenvalue weighted by Gasteiger charge is -2.69. The van der Waals surface area contributed by atoms with Crippen LogP contribution in [-0.2, 0) is 9.53 Å². The van der Waals surface area contributed by atoms with Gasteiger partial charge in [0.25, 0.3) is 0 Å². The molecule has 3 N–H and O–H groups in total. The van der Waals surface area contributed by atoms with Crippen LogP contribution in [-0.4, -0.2) is 45.2 Å². The first-order valence-electron chi connectivity index (χ1n) is 7.42. The van der Waals surface area contributed by atoms with E-state index in [1.165, 1.54) is 0 Å². The highest BCUT2D eigenvalue weighted by Crippen LogP contribution is 2.79. The number of aliphatic hydroxyl groups excluding tert-OH is 1. The predicted molar refractivity (Wildman–Crippen MR) is 68.5 cm³/mol. The second kappa shape index (κ2) is 3.00. The third-order valence-corrected chi connectivity index (χ3v) is 7.77. The molecule has 5 aliphatic rings. The third kappa shape index (κ3) is 0.794. The minimum Gasteiger partial charge on any atom is -0.388 e. The second-order valence-corrected chi connectivity index (χ2v) is 7.79. The number of carbonyl (C=O) groups is 1. The van der Waals surface area contributed by atoms with Gasteiger partial charge in [0.2, 0.25) is 5.79 Å². The summed E-state index contributed by atoms with van der Waals surface area (Å²) in [6, 6.07) is 0. The standard InChI is InChI=1S/C15H22O5/c1-8-4-5-14(18)11(2)7-20-15(19)10(17)13(8,14)6-9(16)12(11,15)3/h8,10,17-19H,4-7H2,1-3H3/t8-,10?,11?,12?,13?,14?,15?/m1/s1. The number of hydrogen-bond donors (Lipinski definition) is 3. The quantitative estimate of drug-likeness (QED) is 0.591. The molecule has 4 saturated carbocycles. The Hall–Kier alpha value is -0.490. The van der Waals surface area contributed by atoms with E-state index < -0.39 is 33.7 Å². The van der Waals surface area contributed by atoms with Crippen LogP contribution in [0, 0.1) is 22.2 Å². The largest absolute Gasteiger partial charge is 0.388 e. The van der Waals surface area contributed by atoms with Crippen LogP contribution in [0.1, 0.15) is 40.0 Å². The summed E-state index contributed by atoms with van der Waals surface area (Å²) in [5.41, 5.74) is -4.25. The van der Waals surface area contributed by atoms with Crippen molar-refractivity contribution in [2.45, 2.75) is 57.5 Å².